The fraction of sp³-hybridized carbons (Fsp3) is 0.258. The molecule has 1 aliphatic heterocycles. The van der Waals surface area contributed by atoms with Gasteiger partial charge in [-0.1, -0.05) is 29.8 Å². The van der Waals surface area contributed by atoms with Gasteiger partial charge in [0.1, 0.15) is 5.75 Å². The normalized spacial score (nSPS) is 16.0. The number of nitrogens with zero attached hydrogens (tertiary/aromatic N) is 2. The summed E-state index contributed by atoms with van der Waals surface area (Å²) < 4.78 is 13.1. The Morgan fingerprint density at radius 1 is 1.05 bits per heavy atom. The average Bonchev–Trinajstić information content (AvgIpc) is 3.66. The van der Waals surface area contributed by atoms with E-state index in [0.29, 0.717) is 34.3 Å². The number of carbonyl (C=O) groups excluding carboxylic acids is 1. The van der Waals surface area contributed by atoms with Gasteiger partial charge in [0.25, 0.3) is 11.5 Å². The molecule has 204 valence electrons. The molecule has 4 aromatic rings. The fourth-order valence-electron chi connectivity index (χ4n) is 5.16. The molecule has 8 nitrogen and oxygen atoms in total. The second kappa shape index (κ2) is 11.5. The molecular weight excluding hydrogens is 528 g/mol. The molecule has 0 spiro atoms. The van der Waals surface area contributed by atoms with E-state index in [1.165, 1.54) is 22.0 Å². The Hall–Kier alpha value is -4.14. The van der Waals surface area contributed by atoms with Gasteiger partial charge in [-0.15, -0.1) is 0 Å². The van der Waals surface area contributed by atoms with Gasteiger partial charge in [0.15, 0.2) is 11.4 Å². The molecule has 1 aromatic heterocycles. The van der Waals surface area contributed by atoms with Crippen molar-refractivity contribution in [1.29, 1.82) is 0 Å². The summed E-state index contributed by atoms with van der Waals surface area (Å²) in [6.45, 7) is 1.19. The van der Waals surface area contributed by atoms with Crippen LogP contribution in [0.1, 0.15) is 40.7 Å². The molecule has 3 aromatic carbocycles. The molecule has 40 heavy (non-hydrogen) atoms. The number of hydrogen-bond acceptors (Lipinski definition) is 6. The molecule has 6 rings (SSSR count). The Balaban J connectivity index is 1.32. The number of hydrogen-bond donors (Lipinski definition) is 2. The summed E-state index contributed by atoms with van der Waals surface area (Å²) in [5.41, 5.74) is 3.90. The minimum absolute atomic E-state index is 0.0472. The monoisotopic (exact) mass is 556 g/mol. The third kappa shape index (κ3) is 5.73. The number of fused-ring (bicyclic) bond motifs is 1. The smallest absolute Gasteiger partial charge is 0.299 e. The highest BCUT2D eigenvalue weighted by Crippen LogP contribution is 2.32. The van der Waals surface area contributed by atoms with E-state index in [1.54, 1.807) is 48.5 Å². The number of nitrogens with one attached hydrogen (secondary N) is 2. The van der Waals surface area contributed by atoms with E-state index in [9.17, 15) is 9.59 Å². The van der Waals surface area contributed by atoms with Gasteiger partial charge in [-0.2, -0.15) is 9.78 Å². The lowest BCUT2D eigenvalue weighted by molar-refractivity contribution is 0.0858. The number of benzene rings is 3. The lowest BCUT2D eigenvalue weighted by Crippen LogP contribution is -2.31. The first-order valence-electron chi connectivity index (χ1n) is 13.5. The van der Waals surface area contributed by atoms with Crippen molar-refractivity contribution in [3.05, 3.63) is 105 Å². The van der Waals surface area contributed by atoms with Crippen molar-refractivity contribution in [3.63, 3.8) is 0 Å². The van der Waals surface area contributed by atoms with Crippen LogP contribution in [0, 0.1) is 0 Å². The standard InChI is InChI=1S/C31H29ClN4O4/c32-23-8-3-10-25(17-23)36-31(38)29(28(19-34-36)40-26-13-12-20-5-1-6-21(20)16-26)35-24-9-2-7-22(15-24)30(37)33-18-27-11-4-14-39-27/h2-3,7-10,12-13,15-17,19,27,35H,1,4-6,11,14,18H2,(H,33,37)/t27-/m0/s1. The maximum absolute atomic E-state index is 13.8. The number of rotatable bonds is 8. The summed E-state index contributed by atoms with van der Waals surface area (Å²) in [4.78, 5) is 26.6. The van der Waals surface area contributed by atoms with E-state index in [-0.39, 0.29) is 23.4 Å². The topological polar surface area (TPSA) is 94.5 Å². The molecule has 2 heterocycles. The van der Waals surface area contributed by atoms with E-state index in [4.69, 9.17) is 21.1 Å². The zero-order chi connectivity index (χ0) is 27.5. The largest absolute Gasteiger partial charge is 0.453 e. The molecule has 0 saturated carbocycles. The van der Waals surface area contributed by atoms with E-state index in [1.807, 2.05) is 12.1 Å². The molecule has 0 radical (unpaired) electrons. The molecule has 0 bridgehead atoms. The van der Waals surface area contributed by atoms with Gasteiger partial charge in [-0.05, 0) is 91.8 Å². The van der Waals surface area contributed by atoms with Crippen LogP contribution in [0.5, 0.6) is 11.5 Å². The molecule has 2 N–H and O–H groups in total. The number of halogens is 1. The van der Waals surface area contributed by atoms with Crippen LogP contribution in [0.25, 0.3) is 5.69 Å². The SMILES string of the molecule is O=C(NC[C@@H]1CCCO1)c1cccc(Nc2c(Oc3ccc4c(c3)CCC4)cnn(-c3cccc(Cl)c3)c2=O)c1. The second-order valence-corrected chi connectivity index (χ2v) is 10.5. The van der Waals surface area contributed by atoms with Crippen molar-refractivity contribution in [2.24, 2.45) is 0 Å². The average molecular weight is 557 g/mol. The molecule has 1 atom stereocenters. The van der Waals surface area contributed by atoms with E-state index in [0.717, 1.165) is 38.7 Å². The molecule has 0 unspecified atom stereocenters. The Morgan fingerprint density at radius 2 is 1.93 bits per heavy atom. The predicted octanol–water partition coefficient (Wildman–Crippen LogP) is 5.82. The Labute approximate surface area is 236 Å². The van der Waals surface area contributed by atoms with Crippen LogP contribution in [0.3, 0.4) is 0 Å². The lowest BCUT2D eigenvalue weighted by atomic mass is 10.1. The Bertz CT molecular complexity index is 1610. The van der Waals surface area contributed by atoms with Crippen molar-refractivity contribution < 1.29 is 14.3 Å². The van der Waals surface area contributed by atoms with Gasteiger partial charge < -0.3 is 20.1 Å². The molecule has 9 heteroatoms. The fourth-order valence-corrected chi connectivity index (χ4v) is 5.34. The molecule has 1 saturated heterocycles. The number of ether oxygens (including phenoxy) is 2. The quantitative estimate of drug-likeness (QED) is 0.284. The number of anilines is 2. The molecule has 1 fully saturated rings. The molecule has 1 amide bonds. The minimum Gasteiger partial charge on any atom is -0.453 e. The summed E-state index contributed by atoms with van der Waals surface area (Å²) in [7, 11) is 0. The third-order valence-corrected chi connectivity index (χ3v) is 7.44. The van der Waals surface area contributed by atoms with Crippen molar-refractivity contribution in [2.45, 2.75) is 38.2 Å². The zero-order valence-corrected chi connectivity index (χ0v) is 22.6. The van der Waals surface area contributed by atoms with Gasteiger partial charge in [-0.3, -0.25) is 9.59 Å². The summed E-state index contributed by atoms with van der Waals surface area (Å²) in [5, 5.41) is 11.0. The van der Waals surface area contributed by atoms with E-state index < -0.39 is 5.56 Å². The van der Waals surface area contributed by atoms with Crippen molar-refractivity contribution >= 4 is 28.9 Å². The van der Waals surface area contributed by atoms with Gasteiger partial charge in [0, 0.05) is 29.4 Å². The van der Waals surface area contributed by atoms with Crippen molar-refractivity contribution in [1.82, 2.24) is 15.1 Å². The summed E-state index contributed by atoms with van der Waals surface area (Å²) in [6, 6.07) is 19.9. The first-order chi connectivity index (χ1) is 19.5. The van der Waals surface area contributed by atoms with E-state index >= 15 is 0 Å². The van der Waals surface area contributed by atoms with Crippen LogP contribution >= 0.6 is 11.6 Å². The molecule has 1 aliphatic carbocycles. The van der Waals surface area contributed by atoms with Crippen LogP contribution in [0.15, 0.2) is 77.7 Å². The van der Waals surface area contributed by atoms with Crippen LogP contribution in [-0.4, -0.2) is 34.9 Å². The Kier molecular flexibility index (Phi) is 7.53. The minimum atomic E-state index is -0.422. The van der Waals surface area contributed by atoms with Crippen LogP contribution < -0.4 is 20.9 Å². The first kappa shape index (κ1) is 26.1. The summed E-state index contributed by atoms with van der Waals surface area (Å²) >= 11 is 6.19. The summed E-state index contributed by atoms with van der Waals surface area (Å²) in [5.74, 6) is 0.696. The third-order valence-electron chi connectivity index (χ3n) is 7.20. The number of carbonyl (C=O) groups is 1. The maximum atomic E-state index is 13.8. The zero-order valence-electron chi connectivity index (χ0n) is 21.9. The Morgan fingerprint density at radius 3 is 2.77 bits per heavy atom. The van der Waals surface area contributed by atoms with Gasteiger partial charge >= 0.3 is 0 Å². The lowest BCUT2D eigenvalue weighted by Gasteiger charge is -2.16. The molecular formula is C31H29ClN4O4. The highest BCUT2D eigenvalue weighted by Gasteiger charge is 2.19. The second-order valence-electron chi connectivity index (χ2n) is 10.0. The predicted molar refractivity (Wildman–Crippen MR) is 154 cm³/mol. The van der Waals surface area contributed by atoms with Crippen molar-refractivity contribution in [3.8, 4) is 17.2 Å². The van der Waals surface area contributed by atoms with Gasteiger partial charge in [0.05, 0.1) is 18.0 Å². The number of amides is 1. The van der Waals surface area contributed by atoms with Crippen LogP contribution in [0.2, 0.25) is 5.02 Å². The highest BCUT2D eigenvalue weighted by atomic mass is 35.5. The van der Waals surface area contributed by atoms with Gasteiger partial charge in [-0.25, -0.2) is 0 Å². The van der Waals surface area contributed by atoms with Crippen LogP contribution in [0.4, 0.5) is 11.4 Å². The molecule has 2 aliphatic rings. The first-order valence-corrected chi connectivity index (χ1v) is 13.9. The van der Waals surface area contributed by atoms with E-state index in [2.05, 4.69) is 21.8 Å². The summed E-state index contributed by atoms with van der Waals surface area (Å²) in [6.07, 6.45) is 6.71. The van der Waals surface area contributed by atoms with Crippen molar-refractivity contribution in [2.75, 3.05) is 18.5 Å². The number of aryl methyl sites for hydroxylation is 2. The van der Waals surface area contributed by atoms with Gasteiger partial charge in [0.2, 0.25) is 0 Å². The highest BCUT2D eigenvalue weighted by molar-refractivity contribution is 6.30. The maximum Gasteiger partial charge on any atom is 0.299 e. The number of aromatic nitrogens is 2. The van der Waals surface area contributed by atoms with Crippen LogP contribution in [-0.2, 0) is 17.6 Å².